The van der Waals surface area contributed by atoms with Crippen LogP contribution in [0.4, 0.5) is 4.39 Å². The van der Waals surface area contributed by atoms with Gasteiger partial charge < -0.3 is 36.1 Å². The van der Waals surface area contributed by atoms with Gasteiger partial charge in [-0.15, -0.1) is 12.4 Å². The summed E-state index contributed by atoms with van der Waals surface area (Å²) in [7, 11) is 0. The highest BCUT2D eigenvalue weighted by Gasteiger charge is 2.45. The molecular formula is C27H37ClFN5O9. The number of aromatic nitrogens is 2. The van der Waals surface area contributed by atoms with E-state index in [4.69, 9.17) is 15.2 Å². The number of amides is 2. The van der Waals surface area contributed by atoms with Crippen molar-refractivity contribution in [1.29, 1.82) is 0 Å². The summed E-state index contributed by atoms with van der Waals surface area (Å²) in [5.41, 5.74) is 4.07. The first kappa shape index (κ1) is 35.6. The number of nitrogens with one attached hydrogen (secondary N) is 3. The van der Waals surface area contributed by atoms with E-state index in [-0.39, 0.29) is 18.8 Å². The predicted molar refractivity (Wildman–Crippen MR) is 153 cm³/mol. The number of aromatic amines is 1. The number of aliphatic hydroxyl groups excluding tert-OH is 2. The van der Waals surface area contributed by atoms with Gasteiger partial charge in [-0.25, -0.2) is 9.59 Å². The fraction of sp³-hybridized carbons (Fsp3) is 0.519. The molecule has 0 radical (unpaired) electrons. The van der Waals surface area contributed by atoms with Gasteiger partial charge in [-0.3, -0.25) is 23.9 Å². The highest BCUT2D eigenvalue weighted by atomic mass is 35.5. The van der Waals surface area contributed by atoms with E-state index in [1.807, 2.05) is 0 Å². The molecule has 1 aromatic heterocycles. The lowest BCUT2D eigenvalue weighted by molar-refractivity contribution is -0.155. The minimum atomic E-state index is -1.73. The summed E-state index contributed by atoms with van der Waals surface area (Å²) in [6.07, 6.45) is -5.18. The van der Waals surface area contributed by atoms with Gasteiger partial charge in [0.05, 0.1) is 12.2 Å². The molecule has 1 aliphatic heterocycles. The molecule has 16 heteroatoms. The maximum absolute atomic E-state index is 13.7. The van der Waals surface area contributed by atoms with E-state index < -0.39 is 90.0 Å². The van der Waals surface area contributed by atoms with Crippen LogP contribution in [0.3, 0.4) is 0 Å². The fourth-order valence-corrected chi connectivity index (χ4v) is 4.29. The number of nitrogens with two attached hydrogens (primary N) is 1. The lowest BCUT2D eigenvalue weighted by Gasteiger charge is -2.27. The van der Waals surface area contributed by atoms with Crippen LogP contribution in [0, 0.1) is 11.7 Å². The van der Waals surface area contributed by atoms with Crippen LogP contribution >= 0.6 is 12.4 Å². The molecule has 0 aliphatic carbocycles. The van der Waals surface area contributed by atoms with Crippen LogP contribution in [0.1, 0.15) is 39.0 Å². The summed E-state index contributed by atoms with van der Waals surface area (Å²) in [5, 5.41) is 26.1. The van der Waals surface area contributed by atoms with E-state index in [1.165, 1.54) is 6.92 Å². The molecule has 2 heterocycles. The number of hydrogen-bond donors (Lipinski definition) is 6. The van der Waals surface area contributed by atoms with E-state index in [1.54, 1.807) is 49.2 Å². The smallest absolute Gasteiger partial charge is 0.330 e. The number of esters is 1. The Kier molecular flexibility index (Phi) is 13.0. The number of carbonyl (C=O) groups is 3. The van der Waals surface area contributed by atoms with Crippen molar-refractivity contribution in [3.05, 3.63) is 68.7 Å². The van der Waals surface area contributed by atoms with Crippen molar-refractivity contribution in [2.45, 2.75) is 76.3 Å². The Morgan fingerprint density at radius 3 is 2.37 bits per heavy atom. The minimum Gasteiger partial charge on any atom is -0.461 e. The average Bonchev–Trinajstić information content (AvgIpc) is 3.24. The first-order valence-corrected chi connectivity index (χ1v) is 13.4. The molecule has 1 aromatic carbocycles. The number of nitrogens with zero attached hydrogens (tertiary/aromatic N) is 1. The summed E-state index contributed by atoms with van der Waals surface area (Å²) in [6.45, 7) is 4.38. The molecule has 43 heavy (non-hydrogen) atoms. The van der Waals surface area contributed by atoms with E-state index in [0.717, 1.165) is 5.56 Å². The van der Waals surface area contributed by atoms with E-state index in [0.29, 0.717) is 17.2 Å². The van der Waals surface area contributed by atoms with Gasteiger partial charge in [0.25, 0.3) is 5.56 Å². The quantitative estimate of drug-likeness (QED) is 0.155. The molecule has 2 aromatic rings. The molecule has 0 bridgehead atoms. The molecule has 8 atom stereocenters. The Labute approximate surface area is 252 Å². The topological polar surface area (TPSA) is 215 Å². The van der Waals surface area contributed by atoms with Crippen molar-refractivity contribution in [3.8, 4) is 0 Å². The van der Waals surface area contributed by atoms with Gasteiger partial charge in [0.2, 0.25) is 17.6 Å². The van der Waals surface area contributed by atoms with E-state index in [9.17, 15) is 38.6 Å². The average molecular weight is 630 g/mol. The summed E-state index contributed by atoms with van der Waals surface area (Å²) in [4.78, 5) is 63.9. The highest BCUT2D eigenvalue weighted by Crippen LogP contribution is 2.28. The molecular weight excluding hydrogens is 593 g/mol. The molecule has 1 aliphatic rings. The molecule has 3 rings (SSSR count). The number of H-pyrrole nitrogens is 1. The van der Waals surface area contributed by atoms with Crippen LogP contribution in [-0.2, 0) is 30.3 Å². The third-order valence-electron chi connectivity index (χ3n) is 7.02. The molecule has 2 unspecified atom stereocenters. The Balaban J connectivity index is 0.00000645. The summed E-state index contributed by atoms with van der Waals surface area (Å²) in [6, 6.07) is 5.82. The van der Waals surface area contributed by atoms with Gasteiger partial charge >= 0.3 is 11.7 Å². The molecule has 0 spiro atoms. The van der Waals surface area contributed by atoms with Crippen molar-refractivity contribution in [3.63, 3.8) is 0 Å². The molecule has 1 saturated heterocycles. The lowest BCUT2D eigenvalue weighted by Crippen LogP contribution is -2.56. The second-order valence-corrected chi connectivity index (χ2v) is 10.2. The molecule has 0 saturated carbocycles. The second kappa shape index (κ2) is 15.7. The number of ether oxygens (including phenoxy) is 2. The van der Waals surface area contributed by atoms with Crippen molar-refractivity contribution < 1.29 is 38.5 Å². The van der Waals surface area contributed by atoms with Crippen molar-refractivity contribution >= 4 is 30.2 Å². The second-order valence-electron chi connectivity index (χ2n) is 10.2. The zero-order valence-electron chi connectivity index (χ0n) is 23.8. The van der Waals surface area contributed by atoms with Crippen molar-refractivity contribution in [1.82, 2.24) is 20.2 Å². The van der Waals surface area contributed by atoms with Crippen LogP contribution in [0.25, 0.3) is 0 Å². The third-order valence-corrected chi connectivity index (χ3v) is 7.02. The van der Waals surface area contributed by atoms with E-state index in [2.05, 4.69) is 10.6 Å². The Morgan fingerprint density at radius 1 is 1.12 bits per heavy atom. The fourth-order valence-electron chi connectivity index (χ4n) is 4.29. The van der Waals surface area contributed by atoms with Crippen molar-refractivity contribution in [2.24, 2.45) is 11.7 Å². The molecule has 238 valence electrons. The minimum absolute atomic E-state index is 0. The number of aliphatic hydroxyl groups is 2. The zero-order chi connectivity index (χ0) is 31.1. The molecule has 7 N–H and O–H groups in total. The molecule has 14 nitrogen and oxygen atoms in total. The number of hydrogen-bond acceptors (Lipinski definition) is 10. The number of rotatable bonds is 12. The Morgan fingerprint density at radius 2 is 1.77 bits per heavy atom. The Bertz CT molecular complexity index is 1370. The molecule has 1 fully saturated rings. The third kappa shape index (κ3) is 8.93. The number of carbonyl (C=O) groups excluding carboxylic acids is 3. The van der Waals surface area contributed by atoms with Crippen molar-refractivity contribution in [2.75, 3.05) is 6.61 Å². The summed E-state index contributed by atoms with van der Waals surface area (Å²) in [5.74, 6) is -3.82. The van der Waals surface area contributed by atoms with Crippen LogP contribution in [0.2, 0.25) is 0 Å². The SMILES string of the molecule is CC[C@H](C)[C@H](NC(=O)[C@H](Cc1ccccc1)NC(=O)[C@H](C)N)C(=O)OC[C@@H]1O[C@H](n2cc(F)c(=O)[nH]c2=O)C(O)C1O.Cl. The predicted octanol–water partition coefficient (Wildman–Crippen LogP) is -1.13. The van der Waals surface area contributed by atoms with Crippen LogP contribution in [-0.4, -0.2) is 80.6 Å². The highest BCUT2D eigenvalue weighted by molar-refractivity contribution is 5.92. The summed E-state index contributed by atoms with van der Waals surface area (Å²) < 4.78 is 25.1. The van der Waals surface area contributed by atoms with Crippen LogP contribution in [0.5, 0.6) is 0 Å². The first-order chi connectivity index (χ1) is 19.8. The van der Waals surface area contributed by atoms with Gasteiger partial charge in [0.15, 0.2) is 6.23 Å². The summed E-state index contributed by atoms with van der Waals surface area (Å²) >= 11 is 0. The maximum Gasteiger partial charge on any atom is 0.330 e. The van der Waals surface area contributed by atoms with Crippen LogP contribution in [0.15, 0.2) is 46.1 Å². The lowest BCUT2D eigenvalue weighted by atomic mass is 9.98. The zero-order valence-corrected chi connectivity index (χ0v) is 24.6. The Hall–Kier alpha value is -3.63. The van der Waals surface area contributed by atoms with Crippen LogP contribution < -0.4 is 27.6 Å². The van der Waals surface area contributed by atoms with Gasteiger partial charge in [-0.1, -0.05) is 50.6 Å². The maximum atomic E-state index is 13.7. The largest absolute Gasteiger partial charge is 0.461 e. The monoisotopic (exact) mass is 629 g/mol. The van der Waals surface area contributed by atoms with Gasteiger partial charge in [-0.2, -0.15) is 4.39 Å². The van der Waals surface area contributed by atoms with Gasteiger partial charge in [0, 0.05) is 6.42 Å². The van der Waals surface area contributed by atoms with Gasteiger partial charge in [-0.05, 0) is 18.4 Å². The van der Waals surface area contributed by atoms with E-state index >= 15 is 0 Å². The van der Waals surface area contributed by atoms with Gasteiger partial charge in [0.1, 0.15) is 37.0 Å². The normalized spacial score (nSPS) is 22.4. The standard InChI is InChI=1S/C27H36FN5O9.ClH/c1-4-13(2)19(31-24(38)17(30-22(36)14(3)29)10-15-8-6-5-7-9-15)26(39)41-12-18-20(34)21(35)25(42-18)33-11-16(28)23(37)32-27(33)40;/h5-9,11,13-14,17-21,25,34-35H,4,10,12,29H2,1-3H3,(H,30,36)(H,31,38)(H,32,37,40);1H/t13-,14-,17-,18-,19-,20?,21?,25-;/m0./s1. The molecule has 2 amide bonds. The number of halogens is 2. The number of benzene rings is 1. The first-order valence-electron chi connectivity index (χ1n) is 13.4.